The molecule has 0 aliphatic heterocycles. The summed E-state index contributed by atoms with van der Waals surface area (Å²) < 4.78 is 23.4. The van der Waals surface area contributed by atoms with E-state index < -0.39 is 27.8 Å². The Morgan fingerprint density at radius 1 is 1.27 bits per heavy atom. The predicted molar refractivity (Wildman–Crippen MR) is 82.8 cm³/mol. The second-order valence-electron chi connectivity index (χ2n) is 5.34. The fourth-order valence-corrected chi connectivity index (χ4v) is 2.78. The lowest BCUT2D eigenvalue weighted by atomic mass is 10.0. The number of hydrogen-bond acceptors (Lipinski definition) is 4. The number of aliphatic carboxylic acids is 1. The first-order valence-corrected chi connectivity index (χ1v) is 8.82. The minimum atomic E-state index is -3.45. The summed E-state index contributed by atoms with van der Waals surface area (Å²) in [6.45, 7) is 5.23. The molecule has 0 aromatic heterocycles. The Bertz CT molecular complexity index is 694. The monoisotopic (exact) mass is 327 g/mol. The van der Waals surface area contributed by atoms with Crippen LogP contribution in [-0.2, 0) is 14.6 Å². The highest BCUT2D eigenvalue weighted by Gasteiger charge is 2.22. The molecular weight excluding hydrogens is 306 g/mol. The number of carboxylic acids is 1. The van der Waals surface area contributed by atoms with Crippen LogP contribution in [0.3, 0.4) is 0 Å². The number of sulfone groups is 1. The minimum Gasteiger partial charge on any atom is -0.480 e. The van der Waals surface area contributed by atoms with Gasteiger partial charge in [0, 0.05) is 11.8 Å². The van der Waals surface area contributed by atoms with E-state index in [1.54, 1.807) is 13.8 Å². The van der Waals surface area contributed by atoms with Gasteiger partial charge in [-0.1, -0.05) is 13.3 Å². The van der Waals surface area contributed by atoms with Gasteiger partial charge >= 0.3 is 5.97 Å². The van der Waals surface area contributed by atoms with E-state index in [0.29, 0.717) is 24.0 Å². The van der Waals surface area contributed by atoms with Crippen LogP contribution in [-0.4, -0.2) is 37.7 Å². The quantitative estimate of drug-likeness (QED) is 0.828. The third-order valence-electron chi connectivity index (χ3n) is 3.49. The molecule has 0 bridgehead atoms. The average Bonchev–Trinajstić information content (AvgIpc) is 2.39. The zero-order valence-corrected chi connectivity index (χ0v) is 14.0. The number of amides is 1. The number of carboxylic acid groups (broad SMARTS) is 1. The number of aryl methyl sites for hydroxylation is 1. The lowest BCUT2D eigenvalue weighted by molar-refractivity contribution is -0.139. The number of rotatable bonds is 6. The summed E-state index contributed by atoms with van der Waals surface area (Å²) in [5, 5.41) is 11.5. The van der Waals surface area contributed by atoms with Crippen molar-refractivity contribution in [3.05, 3.63) is 28.8 Å². The van der Waals surface area contributed by atoms with Crippen molar-refractivity contribution >= 4 is 21.7 Å². The molecule has 1 amide bonds. The highest BCUT2D eigenvalue weighted by atomic mass is 32.2. The number of benzene rings is 1. The second kappa shape index (κ2) is 6.91. The maximum Gasteiger partial charge on any atom is 0.326 e. The molecule has 0 aliphatic carbocycles. The lowest BCUT2D eigenvalue weighted by Crippen LogP contribution is -2.41. The van der Waals surface area contributed by atoms with Crippen molar-refractivity contribution in [2.45, 2.75) is 44.6 Å². The molecule has 122 valence electrons. The van der Waals surface area contributed by atoms with Crippen molar-refractivity contribution in [1.29, 1.82) is 0 Å². The first kappa shape index (κ1) is 18.2. The van der Waals surface area contributed by atoms with Gasteiger partial charge in [0.15, 0.2) is 9.84 Å². The van der Waals surface area contributed by atoms with Crippen LogP contribution in [0.25, 0.3) is 0 Å². The van der Waals surface area contributed by atoms with Crippen molar-refractivity contribution in [2.75, 3.05) is 6.26 Å². The molecule has 22 heavy (non-hydrogen) atoms. The molecule has 1 rings (SSSR count). The van der Waals surface area contributed by atoms with Gasteiger partial charge < -0.3 is 10.4 Å². The van der Waals surface area contributed by atoms with E-state index in [2.05, 4.69) is 5.32 Å². The van der Waals surface area contributed by atoms with Crippen molar-refractivity contribution < 1.29 is 23.1 Å². The summed E-state index contributed by atoms with van der Waals surface area (Å²) in [7, 11) is -3.45. The van der Waals surface area contributed by atoms with Crippen molar-refractivity contribution in [3.63, 3.8) is 0 Å². The Hall–Kier alpha value is -1.89. The highest BCUT2D eigenvalue weighted by molar-refractivity contribution is 7.90. The topological polar surface area (TPSA) is 101 Å². The molecule has 1 unspecified atom stereocenters. The SMILES string of the molecule is CCCC(NC(=O)c1cc(S(C)(=O)=O)cc(C)c1C)C(=O)O. The van der Waals surface area contributed by atoms with E-state index in [1.165, 1.54) is 12.1 Å². The largest absolute Gasteiger partial charge is 0.480 e. The van der Waals surface area contributed by atoms with Gasteiger partial charge in [0.05, 0.1) is 4.90 Å². The van der Waals surface area contributed by atoms with E-state index in [-0.39, 0.29) is 10.5 Å². The molecule has 6 nitrogen and oxygen atoms in total. The Balaban J connectivity index is 3.22. The molecule has 0 saturated heterocycles. The molecule has 0 radical (unpaired) electrons. The van der Waals surface area contributed by atoms with Crippen LogP contribution in [0.2, 0.25) is 0 Å². The average molecular weight is 327 g/mol. The van der Waals surface area contributed by atoms with Gasteiger partial charge in [0.2, 0.25) is 0 Å². The van der Waals surface area contributed by atoms with Crippen LogP contribution in [0.15, 0.2) is 17.0 Å². The third kappa shape index (κ3) is 4.30. The van der Waals surface area contributed by atoms with Gasteiger partial charge in [-0.15, -0.1) is 0 Å². The van der Waals surface area contributed by atoms with Crippen molar-refractivity contribution in [1.82, 2.24) is 5.32 Å². The summed E-state index contributed by atoms with van der Waals surface area (Å²) in [5.74, 6) is -1.68. The Kier molecular flexibility index (Phi) is 5.71. The predicted octanol–water partition coefficient (Wildman–Crippen LogP) is 1.69. The van der Waals surface area contributed by atoms with Crippen molar-refractivity contribution in [3.8, 4) is 0 Å². The van der Waals surface area contributed by atoms with Crippen molar-refractivity contribution in [2.24, 2.45) is 0 Å². The molecule has 0 aliphatic rings. The molecule has 0 saturated carbocycles. The maximum absolute atomic E-state index is 12.3. The minimum absolute atomic E-state index is 0.0446. The Morgan fingerprint density at radius 2 is 1.86 bits per heavy atom. The Morgan fingerprint density at radius 3 is 2.32 bits per heavy atom. The molecule has 7 heteroatoms. The number of nitrogens with one attached hydrogen (secondary N) is 1. The van der Waals surface area contributed by atoms with E-state index >= 15 is 0 Å². The van der Waals surface area contributed by atoms with E-state index in [4.69, 9.17) is 5.11 Å². The van der Waals surface area contributed by atoms with Gasteiger partial charge in [0.25, 0.3) is 5.91 Å². The zero-order chi connectivity index (χ0) is 17.1. The summed E-state index contributed by atoms with van der Waals surface area (Å²) in [5.41, 5.74) is 1.48. The Labute approximate surface area is 130 Å². The van der Waals surface area contributed by atoms with Gasteiger partial charge in [-0.25, -0.2) is 13.2 Å². The second-order valence-corrected chi connectivity index (χ2v) is 7.35. The molecule has 1 atom stereocenters. The van der Waals surface area contributed by atoms with Crippen LogP contribution >= 0.6 is 0 Å². The highest BCUT2D eigenvalue weighted by Crippen LogP contribution is 2.20. The van der Waals surface area contributed by atoms with Crippen LogP contribution < -0.4 is 5.32 Å². The molecular formula is C15H21NO5S. The fraction of sp³-hybridized carbons (Fsp3) is 0.467. The normalized spacial score (nSPS) is 12.7. The van der Waals surface area contributed by atoms with Gasteiger partial charge in [0.1, 0.15) is 6.04 Å². The smallest absolute Gasteiger partial charge is 0.326 e. The van der Waals surface area contributed by atoms with E-state index in [1.807, 2.05) is 6.92 Å². The zero-order valence-electron chi connectivity index (χ0n) is 13.1. The van der Waals surface area contributed by atoms with E-state index in [0.717, 1.165) is 6.26 Å². The van der Waals surface area contributed by atoms with Crippen LogP contribution in [0, 0.1) is 13.8 Å². The van der Waals surface area contributed by atoms with Gasteiger partial charge in [-0.05, 0) is 43.5 Å². The summed E-state index contributed by atoms with van der Waals surface area (Å²) in [6, 6.07) is 1.80. The van der Waals surface area contributed by atoms with Crippen LogP contribution in [0.1, 0.15) is 41.3 Å². The number of hydrogen-bond donors (Lipinski definition) is 2. The fourth-order valence-electron chi connectivity index (χ4n) is 2.06. The van der Waals surface area contributed by atoms with Crippen LogP contribution in [0.5, 0.6) is 0 Å². The first-order valence-electron chi connectivity index (χ1n) is 6.92. The van der Waals surface area contributed by atoms with Crippen LogP contribution in [0.4, 0.5) is 0 Å². The van der Waals surface area contributed by atoms with Gasteiger partial charge in [-0.3, -0.25) is 4.79 Å². The molecule has 0 fully saturated rings. The molecule has 0 heterocycles. The number of carbonyl (C=O) groups is 2. The molecule has 1 aromatic rings. The molecule has 1 aromatic carbocycles. The third-order valence-corrected chi connectivity index (χ3v) is 4.59. The molecule has 2 N–H and O–H groups in total. The molecule has 0 spiro atoms. The summed E-state index contributed by atoms with van der Waals surface area (Å²) >= 11 is 0. The van der Waals surface area contributed by atoms with Gasteiger partial charge in [-0.2, -0.15) is 0 Å². The first-order chi connectivity index (χ1) is 10.1. The number of carbonyl (C=O) groups excluding carboxylic acids is 1. The maximum atomic E-state index is 12.3. The van der Waals surface area contributed by atoms with E-state index in [9.17, 15) is 18.0 Å². The standard InChI is InChI=1S/C15H21NO5S/c1-5-6-13(15(18)19)16-14(17)12-8-11(22(4,20)21)7-9(2)10(12)3/h7-8,13H,5-6H2,1-4H3,(H,16,17)(H,18,19). The summed E-state index contributed by atoms with van der Waals surface area (Å²) in [6.07, 6.45) is 1.99. The summed E-state index contributed by atoms with van der Waals surface area (Å²) in [4.78, 5) is 23.5. The lowest BCUT2D eigenvalue weighted by Gasteiger charge is -2.16.